The number of aliphatic hydroxyl groups is 1. The van der Waals surface area contributed by atoms with E-state index >= 15 is 0 Å². The van der Waals surface area contributed by atoms with Crippen molar-refractivity contribution < 1.29 is 19.0 Å². The second-order valence-electron chi connectivity index (χ2n) is 4.71. The second kappa shape index (κ2) is 6.37. The molecule has 0 bridgehead atoms. The molecule has 0 saturated carbocycles. The third-order valence-electron chi connectivity index (χ3n) is 3.07. The van der Waals surface area contributed by atoms with E-state index in [9.17, 15) is 4.39 Å². The van der Waals surface area contributed by atoms with Crippen LogP contribution < -0.4 is 9.47 Å². The van der Waals surface area contributed by atoms with Crippen LogP contribution in [0.5, 0.6) is 11.5 Å². The zero-order valence-corrected chi connectivity index (χ0v) is 12.2. The zero-order chi connectivity index (χ0) is 14.7. The van der Waals surface area contributed by atoms with Crippen LogP contribution in [-0.4, -0.2) is 18.3 Å². The Balaban J connectivity index is 1.85. The molecule has 3 nitrogen and oxygen atoms in total. The Hall–Kier alpha value is -1.72. The summed E-state index contributed by atoms with van der Waals surface area (Å²) in [6.45, 7) is 1.12. The van der Waals surface area contributed by atoms with Gasteiger partial charge in [-0.2, -0.15) is 0 Å². The van der Waals surface area contributed by atoms with E-state index in [1.165, 1.54) is 23.9 Å². The van der Waals surface area contributed by atoms with E-state index in [1.54, 1.807) is 6.07 Å². The minimum absolute atomic E-state index is 0.174. The molecule has 0 spiro atoms. The van der Waals surface area contributed by atoms with Gasteiger partial charge in [0.25, 0.3) is 0 Å². The highest BCUT2D eigenvalue weighted by molar-refractivity contribution is 7.99. The summed E-state index contributed by atoms with van der Waals surface area (Å²) in [5.41, 5.74) is 0.562. The van der Waals surface area contributed by atoms with Crippen LogP contribution in [0, 0.1) is 5.82 Å². The normalized spacial score (nSPS) is 13.8. The van der Waals surface area contributed by atoms with E-state index in [0.717, 1.165) is 27.7 Å². The second-order valence-corrected chi connectivity index (χ2v) is 5.86. The first-order valence-electron chi connectivity index (χ1n) is 6.72. The van der Waals surface area contributed by atoms with Gasteiger partial charge in [0.15, 0.2) is 11.5 Å². The van der Waals surface area contributed by atoms with Gasteiger partial charge in [0.1, 0.15) is 5.82 Å². The lowest BCUT2D eigenvalue weighted by molar-refractivity contribution is 0.281. The molecule has 0 aromatic heterocycles. The Morgan fingerprint density at radius 2 is 1.81 bits per heavy atom. The topological polar surface area (TPSA) is 38.7 Å². The summed E-state index contributed by atoms with van der Waals surface area (Å²) < 4.78 is 24.7. The molecule has 0 saturated heterocycles. The average molecular weight is 306 g/mol. The molecule has 0 aliphatic carbocycles. The summed E-state index contributed by atoms with van der Waals surface area (Å²) in [6.07, 6.45) is 0.862. The first-order valence-corrected chi connectivity index (χ1v) is 7.54. The number of fused-ring (bicyclic) bond motifs is 1. The summed E-state index contributed by atoms with van der Waals surface area (Å²) in [4.78, 5) is 1.68. The molecule has 1 N–H and O–H groups in total. The summed E-state index contributed by atoms with van der Waals surface area (Å²) >= 11 is 1.42. The SMILES string of the molecule is OCc1cc(F)cc(Sc2ccc3c(c2)OCCCO3)c1. The molecule has 0 unspecified atom stereocenters. The maximum Gasteiger partial charge on any atom is 0.162 e. The quantitative estimate of drug-likeness (QED) is 0.940. The molecule has 1 heterocycles. The third kappa shape index (κ3) is 3.49. The van der Waals surface area contributed by atoms with Crippen LogP contribution in [0.3, 0.4) is 0 Å². The van der Waals surface area contributed by atoms with Crippen molar-refractivity contribution in [3.8, 4) is 11.5 Å². The number of aliphatic hydroxyl groups excluding tert-OH is 1. The number of benzene rings is 2. The molecule has 1 aliphatic heterocycles. The number of hydrogen-bond donors (Lipinski definition) is 1. The molecule has 21 heavy (non-hydrogen) atoms. The molecule has 2 aromatic carbocycles. The van der Waals surface area contributed by atoms with Crippen LogP contribution in [0.1, 0.15) is 12.0 Å². The smallest absolute Gasteiger partial charge is 0.162 e. The summed E-state index contributed by atoms with van der Waals surface area (Å²) in [6, 6.07) is 10.2. The molecule has 0 atom stereocenters. The van der Waals surface area contributed by atoms with Crippen LogP contribution in [0.15, 0.2) is 46.2 Å². The van der Waals surface area contributed by atoms with Crippen molar-refractivity contribution in [2.45, 2.75) is 22.8 Å². The highest BCUT2D eigenvalue weighted by atomic mass is 32.2. The van der Waals surface area contributed by atoms with Gasteiger partial charge in [0.2, 0.25) is 0 Å². The monoisotopic (exact) mass is 306 g/mol. The fourth-order valence-corrected chi connectivity index (χ4v) is 3.07. The van der Waals surface area contributed by atoms with Gasteiger partial charge in [0, 0.05) is 16.2 Å². The summed E-state index contributed by atoms with van der Waals surface area (Å²) in [7, 11) is 0. The first kappa shape index (κ1) is 14.2. The summed E-state index contributed by atoms with van der Waals surface area (Å²) in [5.74, 6) is 1.11. The maximum atomic E-state index is 13.5. The molecule has 0 amide bonds. The lowest BCUT2D eigenvalue weighted by Crippen LogP contribution is -1.97. The Morgan fingerprint density at radius 1 is 1.00 bits per heavy atom. The average Bonchev–Trinajstić information content (AvgIpc) is 2.71. The van der Waals surface area contributed by atoms with E-state index < -0.39 is 0 Å². The van der Waals surface area contributed by atoms with Gasteiger partial charge in [-0.3, -0.25) is 0 Å². The van der Waals surface area contributed by atoms with E-state index in [2.05, 4.69) is 0 Å². The largest absolute Gasteiger partial charge is 0.490 e. The predicted molar refractivity (Wildman–Crippen MR) is 78.5 cm³/mol. The van der Waals surface area contributed by atoms with Crippen LogP contribution in [0.2, 0.25) is 0 Å². The van der Waals surface area contributed by atoms with Crippen molar-refractivity contribution in [2.24, 2.45) is 0 Å². The molecular formula is C16H15FO3S. The molecule has 1 aliphatic rings. The van der Waals surface area contributed by atoms with Crippen LogP contribution >= 0.6 is 11.8 Å². The molecule has 2 aromatic rings. The molecule has 0 fully saturated rings. The minimum atomic E-state index is -0.349. The lowest BCUT2D eigenvalue weighted by atomic mass is 10.2. The van der Waals surface area contributed by atoms with Crippen molar-refractivity contribution in [1.29, 1.82) is 0 Å². The van der Waals surface area contributed by atoms with Crippen molar-refractivity contribution in [3.63, 3.8) is 0 Å². The molecule has 3 rings (SSSR count). The van der Waals surface area contributed by atoms with Crippen molar-refractivity contribution in [1.82, 2.24) is 0 Å². The van der Waals surface area contributed by atoms with Gasteiger partial charge in [-0.1, -0.05) is 11.8 Å². The van der Waals surface area contributed by atoms with Gasteiger partial charge in [-0.05, 0) is 42.0 Å². The fraction of sp³-hybridized carbons (Fsp3) is 0.250. The molecule has 5 heteroatoms. The van der Waals surface area contributed by atoms with Gasteiger partial charge in [-0.25, -0.2) is 4.39 Å². The standard InChI is InChI=1S/C16H15FO3S/c17-12-6-11(10-18)7-14(8-12)21-13-2-3-15-16(9-13)20-5-1-4-19-15/h2-3,6-9,18H,1,4-5,10H2. The van der Waals surface area contributed by atoms with Crippen molar-refractivity contribution in [3.05, 3.63) is 47.8 Å². The molecular weight excluding hydrogens is 291 g/mol. The lowest BCUT2D eigenvalue weighted by Gasteiger charge is -2.09. The minimum Gasteiger partial charge on any atom is -0.490 e. The maximum absolute atomic E-state index is 13.5. The van der Waals surface area contributed by atoms with Crippen LogP contribution in [0.25, 0.3) is 0 Å². The Bertz CT molecular complexity index is 645. The molecule has 110 valence electrons. The number of halogens is 1. The van der Waals surface area contributed by atoms with Gasteiger partial charge in [-0.15, -0.1) is 0 Å². The summed E-state index contributed by atoms with van der Waals surface area (Å²) in [5, 5.41) is 9.13. The fourth-order valence-electron chi connectivity index (χ4n) is 2.11. The van der Waals surface area contributed by atoms with Crippen LogP contribution in [-0.2, 0) is 6.61 Å². The first-order chi connectivity index (χ1) is 10.2. The van der Waals surface area contributed by atoms with E-state index in [4.69, 9.17) is 14.6 Å². The highest BCUT2D eigenvalue weighted by Gasteiger charge is 2.11. The molecule has 0 radical (unpaired) electrons. The van der Waals surface area contributed by atoms with E-state index in [0.29, 0.717) is 18.8 Å². The number of ether oxygens (including phenoxy) is 2. The van der Waals surface area contributed by atoms with Crippen molar-refractivity contribution in [2.75, 3.05) is 13.2 Å². The third-order valence-corrected chi connectivity index (χ3v) is 4.03. The Labute approximate surface area is 126 Å². The number of rotatable bonds is 3. The number of hydrogen-bond acceptors (Lipinski definition) is 4. The predicted octanol–water partition coefficient (Wildman–Crippen LogP) is 3.63. The van der Waals surface area contributed by atoms with Gasteiger partial charge in [0.05, 0.1) is 19.8 Å². The highest BCUT2D eigenvalue weighted by Crippen LogP contribution is 2.37. The van der Waals surface area contributed by atoms with Gasteiger partial charge < -0.3 is 14.6 Å². The zero-order valence-electron chi connectivity index (χ0n) is 11.3. The van der Waals surface area contributed by atoms with E-state index in [1.807, 2.05) is 18.2 Å². The van der Waals surface area contributed by atoms with Gasteiger partial charge >= 0.3 is 0 Å². The Morgan fingerprint density at radius 3 is 2.62 bits per heavy atom. The Kier molecular flexibility index (Phi) is 4.31. The van der Waals surface area contributed by atoms with Crippen LogP contribution in [0.4, 0.5) is 4.39 Å². The van der Waals surface area contributed by atoms with Crippen molar-refractivity contribution >= 4 is 11.8 Å². The van der Waals surface area contributed by atoms with E-state index in [-0.39, 0.29) is 12.4 Å².